The largest absolute Gasteiger partial charge is 0.497 e. The van der Waals surface area contributed by atoms with Crippen LogP contribution in [0, 0.1) is 23.7 Å². The lowest BCUT2D eigenvalue weighted by atomic mass is 9.82. The fourth-order valence-electron chi connectivity index (χ4n) is 4.68. The van der Waals surface area contributed by atoms with Crippen molar-refractivity contribution >= 4 is 17.6 Å². The van der Waals surface area contributed by atoms with Gasteiger partial charge in [0.25, 0.3) is 0 Å². The van der Waals surface area contributed by atoms with Crippen molar-refractivity contribution in [1.29, 1.82) is 0 Å². The van der Waals surface area contributed by atoms with Gasteiger partial charge in [0.1, 0.15) is 5.75 Å². The third kappa shape index (κ3) is 2.83. The summed E-state index contributed by atoms with van der Waals surface area (Å²) in [4.78, 5) is 28.8. The second-order valence-electron chi connectivity index (χ2n) is 7.35. The first kappa shape index (κ1) is 16.9. The molecule has 2 fully saturated rings. The van der Waals surface area contributed by atoms with Gasteiger partial charge in [-0.15, -0.1) is 0 Å². The van der Waals surface area contributed by atoms with Gasteiger partial charge >= 0.3 is 5.97 Å². The third-order valence-electron chi connectivity index (χ3n) is 6.06. The van der Waals surface area contributed by atoms with Crippen LogP contribution < -0.4 is 9.64 Å². The van der Waals surface area contributed by atoms with Crippen molar-refractivity contribution in [2.24, 2.45) is 23.7 Å². The lowest BCUT2D eigenvalue weighted by Gasteiger charge is -2.38. The molecule has 6 heteroatoms. The van der Waals surface area contributed by atoms with E-state index in [0.29, 0.717) is 13.1 Å². The van der Waals surface area contributed by atoms with E-state index in [1.165, 1.54) is 0 Å². The fraction of sp³-hybridized carbons (Fsp3) is 0.500. The van der Waals surface area contributed by atoms with Crippen molar-refractivity contribution < 1.29 is 19.4 Å². The van der Waals surface area contributed by atoms with Gasteiger partial charge in [0.05, 0.1) is 18.9 Å². The Hall–Kier alpha value is -2.50. The number of hydrogen-bond acceptors (Lipinski definition) is 4. The zero-order valence-electron chi connectivity index (χ0n) is 14.9. The monoisotopic (exact) mass is 356 g/mol. The van der Waals surface area contributed by atoms with E-state index in [1.807, 2.05) is 41.3 Å². The van der Waals surface area contributed by atoms with E-state index >= 15 is 0 Å². The molecule has 1 saturated heterocycles. The van der Waals surface area contributed by atoms with Crippen LogP contribution >= 0.6 is 0 Å². The molecule has 1 heterocycles. The summed E-state index contributed by atoms with van der Waals surface area (Å²) in [5, 5.41) is 9.56. The number of carboxylic acid groups (broad SMARTS) is 1. The maximum Gasteiger partial charge on any atom is 0.307 e. The van der Waals surface area contributed by atoms with Crippen LogP contribution in [0.1, 0.15) is 6.42 Å². The molecule has 1 N–H and O–H groups in total. The van der Waals surface area contributed by atoms with Crippen LogP contribution in [0.5, 0.6) is 5.75 Å². The Morgan fingerprint density at radius 1 is 1.00 bits per heavy atom. The number of ether oxygens (including phenoxy) is 1. The molecule has 3 aliphatic rings. The van der Waals surface area contributed by atoms with Crippen molar-refractivity contribution in [2.45, 2.75) is 6.42 Å². The molecule has 0 aromatic heterocycles. The van der Waals surface area contributed by atoms with Gasteiger partial charge in [-0.25, -0.2) is 0 Å². The summed E-state index contributed by atoms with van der Waals surface area (Å²) >= 11 is 0. The fourth-order valence-corrected chi connectivity index (χ4v) is 4.68. The van der Waals surface area contributed by atoms with E-state index in [0.717, 1.165) is 30.9 Å². The van der Waals surface area contributed by atoms with E-state index in [1.54, 1.807) is 7.11 Å². The lowest BCUT2D eigenvalue weighted by molar-refractivity contribution is -0.151. The van der Waals surface area contributed by atoms with E-state index < -0.39 is 17.8 Å². The minimum atomic E-state index is -0.836. The molecule has 4 rings (SSSR count). The number of methoxy groups -OCH3 is 1. The number of carbonyl (C=O) groups excluding carboxylic acids is 1. The Bertz CT molecular complexity index is 722. The number of nitrogens with zero attached hydrogens (tertiary/aromatic N) is 2. The quantitative estimate of drug-likeness (QED) is 0.834. The predicted octanol–water partition coefficient (Wildman–Crippen LogP) is 1.87. The summed E-state index contributed by atoms with van der Waals surface area (Å²) < 4.78 is 5.19. The van der Waals surface area contributed by atoms with Crippen molar-refractivity contribution in [3.05, 3.63) is 36.4 Å². The lowest BCUT2D eigenvalue weighted by Crippen LogP contribution is -2.52. The molecule has 2 aliphatic carbocycles. The maximum absolute atomic E-state index is 13.0. The molecule has 0 unspecified atom stereocenters. The molecule has 0 spiro atoms. The van der Waals surface area contributed by atoms with Crippen LogP contribution in [0.4, 0.5) is 5.69 Å². The summed E-state index contributed by atoms with van der Waals surface area (Å²) in [7, 11) is 1.65. The maximum atomic E-state index is 13.0. The minimum Gasteiger partial charge on any atom is -0.497 e. The molecule has 1 aromatic rings. The van der Waals surface area contributed by atoms with Gasteiger partial charge in [-0.3, -0.25) is 9.59 Å². The van der Waals surface area contributed by atoms with Gasteiger partial charge in [-0.1, -0.05) is 12.2 Å². The van der Waals surface area contributed by atoms with Crippen molar-refractivity contribution in [3.63, 3.8) is 0 Å². The van der Waals surface area contributed by atoms with Crippen molar-refractivity contribution in [2.75, 3.05) is 38.2 Å². The second kappa shape index (κ2) is 6.67. The Kier molecular flexibility index (Phi) is 4.34. The number of fused-ring (bicyclic) bond motifs is 2. The topological polar surface area (TPSA) is 70.1 Å². The SMILES string of the molecule is COc1ccc(N2CCN(C(=O)[C@H]3[C@@H](C(=O)O)[C@@H]4C=C[C@@H]3C4)CC2)cc1. The molecule has 26 heavy (non-hydrogen) atoms. The third-order valence-corrected chi connectivity index (χ3v) is 6.06. The number of benzene rings is 1. The van der Waals surface area contributed by atoms with Crippen LogP contribution in [0.15, 0.2) is 36.4 Å². The Labute approximate surface area is 153 Å². The molecular weight excluding hydrogens is 332 g/mol. The van der Waals surface area contributed by atoms with Crippen molar-refractivity contribution in [3.8, 4) is 5.75 Å². The van der Waals surface area contributed by atoms with Crippen molar-refractivity contribution in [1.82, 2.24) is 4.90 Å². The number of carbonyl (C=O) groups is 2. The molecule has 4 atom stereocenters. The van der Waals surface area contributed by atoms with Gasteiger partial charge in [-0.2, -0.15) is 0 Å². The molecule has 1 aliphatic heterocycles. The molecule has 1 aromatic carbocycles. The molecule has 1 saturated carbocycles. The average molecular weight is 356 g/mol. The second-order valence-corrected chi connectivity index (χ2v) is 7.35. The van der Waals surface area contributed by atoms with Crippen LogP contribution in [0.25, 0.3) is 0 Å². The summed E-state index contributed by atoms with van der Waals surface area (Å²) in [5.74, 6) is -0.834. The number of aliphatic carboxylic acids is 1. The number of amides is 1. The Balaban J connectivity index is 1.40. The van der Waals surface area contributed by atoms with Crippen LogP contribution in [-0.4, -0.2) is 55.2 Å². The zero-order valence-corrected chi connectivity index (χ0v) is 14.9. The predicted molar refractivity (Wildman–Crippen MR) is 97.1 cm³/mol. The number of hydrogen-bond donors (Lipinski definition) is 1. The van der Waals surface area contributed by atoms with E-state index in [4.69, 9.17) is 4.74 Å². The number of piperazine rings is 1. The first-order valence-corrected chi connectivity index (χ1v) is 9.17. The first-order valence-electron chi connectivity index (χ1n) is 9.17. The summed E-state index contributed by atoms with van der Waals surface area (Å²) in [5.41, 5.74) is 1.11. The van der Waals surface area contributed by atoms with E-state index in [-0.39, 0.29) is 17.7 Å². The highest BCUT2D eigenvalue weighted by Crippen LogP contribution is 2.48. The molecule has 1 amide bonds. The van der Waals surface area contributed by atoms with E-state index in [9.17, 15) is 14.7 Å². The van der Waals surface area contributed by atoms with Crippen LogP contribution in [0.3, 0.4) is 0 Å². The van der Waals surface area contributed by atoms with Crippen LogP contribution in [0.2, 0.25) is 0 Å². The normalized spacial score (nSPS) is 29.9. The first-order chi connectivity index (χ1) is 12.6. The summed E-state index contributed by atoms with van der Waals surface area (Å²) in [6.07, 6.45) is 4.83. The van der Waals surface area contributed by atoms with Gasteiger partial charge in [0, 0.05) is 31.9 Å². The average Bonchev–Trinajstić information content (AvgIpc) is 3.29. The smallest absolute Gasteiger partial charge is 0.307 e. The van der Waals surface area contributed by atoms with Crippen LogP contribution in [-0.2, 0) is 9.59 Å². The standard InChI is InChI=1S/C20H24N2O4/c1-26-16-6-4-15(5-7-16)21-8-10-22(11-9-21)19(23)17-13-2-3-14(12-13)18(17)20(24)25/h2-7,13-14,17-18H,8-12H2,1H3,(H,24,25)/t13-,14-,17-,18+/m1/s1. The number of rotatable bonds is 4. The van der Waals surface area contributed by atoms with Gasteiger partial charge < -0.3 is 19.6 Å². The van der Waals surface area contributed by atoms with Gasteiger partial charge in [0.2, 0.25) is 5.91 Å². The number of anilines is 1. The highest BCUT2D eigenvalue weighted by Gasteiger charge is 2.52. The minimum absolute atomic E-state index is 0.0173. The van der Waals surface area contributed by atoms with Gasteiger partial charge in [0.15, 0.2) is 0 Å². The molecule has 0 radical (unpaired) electrons. The highest BCUT2D eigenvalue weighted by atomic mass is 16.5. The molecular formula is C20H24N2O4. The Morgan fingerprint density at radius 2 is 1.62 bits per heavy atom. The number of allylic oxidation sites excluding steroid dienone is 2. The van der Waals surface area contributed by atoms with Gasteiger partial charge in [-0.05, 0) is 42.5 Å². The summed E-state index contributed by atoms with van der Waals surface area (Å²) in [6.45, 7) is 2.78. The molecule has 6 nitrogen and oxygen atoms in total. The molecule has 138 valence electrons. The Morgan fingerprint density at radius 3 is 2.19 bits per heavy atom. The summed E-state index contributed by atoms with van der Waals surface area (Å²) in [6, 6.07) is 7.92. The molecule has 2 bridgehead atoms. The van der Waals surface area contributed by atoms with E-state index in [2.05, 4.69) is 4.90 Å². The zero-order chi connectivity index (χ0) is 18.3. The highest BCUT2D eigenvalue weighted by molar-refractivity contribution is 5.87. The number of carboxylic acids is 1.